The van der Waals surface area contributed by atoms with Crippen molar-refractivity contribution in [2.45, 2.75) is 105 Å². The molecule has 2 aromatic heterocycles. The van der Waals surface area contributed by atoms with Gasteiger partial charge in [0.05, 0.1) is 24.1 Å². The summed E-state index contributed by atoms with van der Waals surface area (Å²) in [6.45, 7) is 17.3. The van der Waals surface area contributed by atoms with E-state index in [9.17, 15) is 14.4 Å². The number of pyridine rings is 1. The predicted octanol–water partition coefficient (Wildman–Crippen LogP) is 5.92. The van der Waals surface area contributed by atoms with Gasteiger partial charge in [0, 0.05) is 73.3 Å². The molecule has 3 aliphatic heterocycles. The molecule has 2 N–H and O–H groups in total. The summed E-state index contributed by atoms with van der Waals surface area (Å²) in [6, 6.07) is 9.64. The summed E-state index contributed by atoms with van der Waals surface area (Å²) in [5.74, 6) is -0.183. The molecule has 1 aliphatic carbocycles. The number of nitrogens with zero attached hydrogens (tertiary/aromatic N) is 4. The van der Waals surface area contributed by atoms with Crippen molar-refractivity contribution in [3.8, 4) is 11.3 Å². The lowest BCUT2D eigenvalue weighted by Gasteiger charge is -2.39. The Labute approximate surface area is 319 Å². The van der Waals surface area contributed by atoms with Crippen LogP contribution < -0.4 is 10.7 Å². The molecule has 5 heterocycles. The molecule has 290 valence electrons. The van der Waals surface area contributed by atoms with E-state index in [1.165, 1.54) is 11.1 Å². The fraction of sp³-hybridized carbons (Fsp3) is 0.581. The molecule has 8 atom stereocenters. The van der Waals surface area contributed by atoms with Crippen molar-refractivity contribution in [1.82, 2.24) is 30.2 Å². The van der Waals surface area contributed by atoms with Crippen LogP contribution in [0.25, 0.3) is 27.7 Å². The Morgan fingerprint density at radius 1 is 1.17 bits per heavy atom. The fourth-order valence-electron chi connectivity index (χ4n) is 8.88. The zero-order chi connectivity index (χ0) is 38.5. The number of ether oxygens (including phenoxy) is 2. The highest BCUT2D eigenvalue weighted by molar-refractivity contribution is 5.95. The molecule has 2 unspecified atom stereocenters. The monoisotopic (exact) mass is 738 g/mol. The molecule has 0 spiro atoms. The van der Waals surface area contributed by atoms with Gasteiger partial charge in [-0.15, -0.1) is 0 Å². The first-order chi connectivity index (χ1) is 25.8. The summed E-state index contributed by atoms with van der Waals surface area (Å²) in [5, 5.41) is 5.87. The van der Waals surface area contributed by atoms with Crippen molar-refractivity contribution < 1.29 is 23.9 Å². The van der Waals surface area contributed by atoms with Crippen molar-refractivity contribution in [1.29, 1.82) is 0 Å². The molecule has 0 radical (unpaired) electrons. The maximum atomic E-state index is 14.3. The van der Waals surface area contributed by atoms with E-state index in [2.05, 4.69) is 92.1 Å². The van der Waals surface area contributed by atoms with Gasteiger partial charge in [-0.2, -0.15) is 0 Å². The molecule has 7 rings (SSSR count). The number of amides is 2. The number of hydrogen-bond acceptors (Lipinski definition) is 8. The van der Waals surface area contributed by atoms with E-state index in [4.69, 9.17) is 14.5 Å². The van der Waals surface area contributed by atoms with Crippen LogP contribution in [0.5, 0.6) is 0 Å². The Hall–Kier alpha value is -4.06. The number of carbonyl (C=O) groups is 3. The summed E-state index contributed by atoms with van der Waals surface area (Å²) in [6.07, 6.45) is 6.64. The Balaban J connectivity index is 1.34. The first kappa shape index (κ1) is 38.2. The van der Waals surface area contributed by atoms with E-state index in [-0.39, 0.29) is 54.3 Å². The van der Waals surface area contributed by atoms with Crippen LogP contribution in [0.1, 0.15) is 90.7 Å². The number of aromatic nitrogens is 2. The molecule has 54 heavy (non-hydrogen) atoms. The maximum absolute atomic E-state index is 14.3. The lowest BCUT2D eigenvalue weighted by Crippen LogP contribution is -2.62. The van der Waals surface area contributed by atoms with Gasteiger partial charge in [-0.05, 0) is 99.3 Å². The number of hydrogen-bond donors (Lipinski definition) is 2. The molecule has 11 heteroatoms. The van der Waals surface area contributed by atoms with E-state index in [1.54, 1.807) is 12.1 Å². The lowest BCUT2D eigenvalue weighted by molar-refractivity contribution is -0.155. The number of carbonyl (C=O) groups excluding carboxylic acids is 3. The minimum absolute atomic E-state index is 0.0722. The van der Waals surface area contributed by atoms with E-state index in [0.717, 1.165) is 46.4 Å². The van der Waals surface area contributed by atoms with Crippen LogP contribution in [-0.2, 0) is 36.8 Å². The molecule has 3 aromatic rings. The number of esters is 1. The van der Waals surface area contributed by atoms with Crippen LogP contribution in [0.3, 0.4) is 0 Å². The van der Waals surface area contributed by atoms with Gasteiger partial charge in [0.1, 0.15) is 12.1 Å². The number of benzene rings is 1. The molecule has 6 bridgehead atoms. The average Bonchev–Trinajstić information content (AvgIpc) is 3.66. The Kier molecular flexibility index (Phi) is 10.8. The SMILES string of the molecule is CCn1c(-c2cccnc2[C@H](C)OC)c2c3cc(ccc31)C1=CC[C@H](C)N(C1)C[C@H](NC(=O)C1[C@@H](C)[C@H]1C)C(=O)N1CCC[C@H](N1)C(=O)OCC(C)(C)C2. The lowest BCUT2D eigenvalue weighted by atomic mass is 9.84. The van der Waals surface area contributed by atoms with Gasteiger partial charge in [0.15, 0.2) is 0 Å². The molecule has 1 aromatic carbocycles. The normalized spacial score (nSPS) is 29.2. The Bertz CT molecular complexity index is 1940. The molecular formula is C43H58N6O5. The molecular weight excluding hydrogens is 681 g/mol. The largest absolute Gasteiger partial charge is 0.464 e. The minimum Gasteiger partial charge on any atom is -0.464 e. The van der Waals surface area contributed by atoms with Gasteiger partial charge >= 0.3 is 5.97 Å². The van der Waals surface area contributed by atoms with Crippen LogP contribution >= 0.6 is 0 Å². The van der Waals surface area contributed by atoms with Crippen LogP contribution in [0, 0.1) is 23.2 Å². The predicted molar refractivity (Wildman–Crippen MR) is 210 cm³/mol. The second kappa shape index (κ2) is 15.2. The highest BCUT2D eigenvalue weighted by atomic mass is 16.5. The van der Waals surface area contributed by atoms with Gasteiger partial charge in [0.2, 0.25) is 5.91 Å². The smallest absolute Gasteiger partial charge is 0.324 e. The van der Waals surface area contributed by atoms with Gasteiger partial charge in [-0.25, -0.2) is 5.43 Å². The molecule has 2 amide bonds. The van der Waals surface area contributed by atoms with Crippen molar-refractivity contribution in [2.75, 3.05) is 33.4 Å². The summed E-state index contributed by atoms with van der Waals surface area (Å²) < 4.78 is 14.3. The first-order valence-electron chi connectivity index (χ1n) is 19.9. The number of hydrazine groups is 1. The number of rotatable bonds is 6. The van der Waals surface area contributed by atoms with Crippen LogP contribution in [0.4, 0.5) is 0 Å². The number of methoxy groups -OCH3 is 1. The second-order valence-corrected chi connectivity index (χ2v) is 16.9. The van der Waals surface area contributed by atoms with Crippen molar-refractivity contribution in [2.24, 2.45) is 23.2 Å². The number of nitrogens with one attached hydrogen (secondary N) is 2. The van der Waals surface area contributed by atoms with E-state index in [0.29, 0.717) is 38.9 Å². The highest BCUT2D eigenvalue weighted by Gasteiger charge is 2.49. The van der Waals surface area contributed by atoms with Crippen molar-refractivity contribution >= 4 is 34.3 Å². The third-order valence-corrected chi connectivity index (χ3v) is 12.5. The second-order valence-electron chi connectivity index (χ2n) is 16.9. The molecule has 1 saturated heterocycles. The molecule has 2 fully saturated rings. The summed E-state index contributed by atoms with van der Waals surface area (Å²) >= 11 is 0. The van der Waals surface area contributed by atoms with Crippen LogP contribution in [0.2, 0.25) is 0 Å². The van der Waals surface area contributed by atoms with Gasteiger partial charge < -0.3 is 19.4 Å². The van der Waals surface area contributed by atoms with Crippen molar-refractivity contribution in [3.05, 3.63) is 59.4 Å². The molecule has 11 nitrogen and oxygen atoms in total. The number of cyclic esters (lactones) is 1. The third kappa shape index (κ3) is 7.34. The van der Waals surface area contributed by atoms with E-state index >= 15 is 0 Å². The van der Waals surface area contributed by atoms with Crippen LogP contribution in [-0.4, -0.2) is 88.7 Å². The minimum atomic E-state index is -0.766. The Morgan fingerprint density at radius 3 is 2.67 bits per heavy atom. The quantitative estimate of drug-likeness (QED) is 0.300. The average molecular weight is 739 g/mol. The number of aryl methyl sites for hydroxylation is 1. The number of fused-ring (bicyclic) bond motifs is 6. The summed E-state index contributed by atoms with van der Waals surface area (Å²) in [5.41, 5.74) is 10.5. The summed E-state index contributed by atoms with van der Waals surface area (Å²) in [7, 11) is 1.71. The van der Waals surface area contributed by atoms with Crippen molar-refractivity contribution in [3.63, 3.8) is 0 Å². The van der Waals surface area contributed by atoms with Crippen LogP contribution in [0.15, 0.2) is 42.6 Å². The molecule has 4 aliphatic rings. The van der Waals surface area contributed by atoms with E-state index in [1.807, 2.05) is 19.2 Å². The molecule has 1 saturated carbocycles. The standard InChI is InChI=1S/C43H58N6O5/c1-9-48-36-17-16-29-20-32(36)33(39(48)31-12-10-18-44-38(31)28(5)53-8)21-43(6,7)24-54-42(52)34-13-11-19-49(46-34)41(51)35(45-40(50)37-26(3)27(37)4)23-47-22-30(29)15-14-25(47)2/h10,12,15-18,20,25-28,34-35,37,46H,9,11,13-14,19,21-24H2,1-8H3,(H,45,50)/t25-,26-,27+,28-,34-,35-,37?/m0/s1. The highest BCUT2D eigenvalue weighted by Crippen LogP contribution is 2.45. The first-order valence-corrected chi connectivity index (χ1v) is 19.9. The van der Waals surface area contributed by atoms with Gasteiger partial charge in [-0.1, -0.05) is 39.8 Å². The fourth-order valence-corrected chi connectivity index (χ4v) is 8.88. The zero-order valence-corrected chi connectivity index (χ0v) is 33.3. The van der Waals surface area contributed by atoms with E-state index < -0.39 is 17.5 Å². The summed E-state index contributed by atoms with van der Waals surface area (Å²) in [4.78, 5) is 48.7. The Morgan fingerprint density at radius 2 is 1.94 bits per heavy atom. The zero-order valence-electron chi connectivity index (χ0n) is 33.3. The topological polar surface area (TPSA) is 118 Å². The van der Waals surface area contributed by atoms with Gasteiger partial charge in [-0.3, -0.25) is 29.3 Å². The van der Waals surface area contributed by atoms with Gasteiger partial charge in [0.25, 0.3) is 5.91 Å². The maximum Gasteiger partial charge on any atom is 0.324 e. The third-order valence-electron chi connectivity index (χ3n) is 12.5.